The molecule has 0 aliphatic heterocycles. The Hall–Kier alpha value is -1.28. The molecule has 0 radical (unpaired) electrons. The van der Waals surface area contributed by atoms with E-state index in [0.717, 1.165) is 12.2 Å². The summed E-state index contributed by atoms with van der Waals surface area (Å²) in [6.45, 7) is 0.648. The van der Waals surface area contributed by atoms with Crippen molar-refractivity contribution in [2.24, 2.45) is 0 Å². The number of ether oxygens (including phenoxy) is 1. The molecule has 0 N–H and O–H groups in total. The van der Waals surface area contributed by atoms with Crippen molar-refractivity contribution in [2.45, 2.75) is 25.9 Å². The van der Waals surface area contributed by atoms with Crippen molar-refractivity contribution in [3.05, 3.63) is 63.6 Å². The predicted molar refractivity (Wildman–Crippen MR) is 76.9 cm³/mol. The van der Waals surface area contributed by atoms with Crippen molar-refractivity contribution in [2.75, 3.05) is 0 Å². The Bertz CT molecular complexity index is 549. The Morgan fingerprint density at radius 3 is 2.56 bits per heavy atom. The minimum absolute atomic E-state index is 0.648. The Kier molecular flexibility index (Phi) is 3.37. The molecule has 18 heavy (non-hydrogen) atoms. The molecule has 1 nitrogen and oxygen atoms in total. The second kappa shape index (κ2) is 5.15. The van der Waals surface area contributed by atoms with E-state index < -0.39 is 0 Å². The molecular weight excluding hydrogens is 288 g/mol. The minimum Gasteiger partial charge on any atom is -0.489 e. The van der Waals surface area contributed by atoms with Crippen LogP contribution in [-0.4, -0.2) is 0 Å². The van der Waals surface area contributed by atoms with E-state index in [4.69, 9.17) is 4.74 Å². The number of fused-ring (bicyclic) bond motifs is 1. The maximum Gasteiger partial charge on any atom is 0.123 e. The van der Waals surface area contributed by atoms with Gasteiger partial charge in [0.25, 0.3) is 0 Å². The van der Waals surface area contributed by atoms with E-state index in [1.807, 2.05) is 18.2 Å². The maximum atomic E-state index is 5.97. The van der Waals surface area contributed by atoms with Gasteiger partial charge >= 0.3 is 0 Å². The van der Waals surface area contributed by atoms with Crippen LogP contribution in [0.5, 0.6) is 5.75 Å². The third-order valence-electron chi connectivity index (χ3n) is 3.42. The van der Waals surface area contributed by atoms with Gasteiger partial charge in [0.05, 0.1) is 0 Å². The molecule has 0 spiro atoms. The summed E-state index contributed by atoms with van der Waals surface area (Å²) in [5, 5.41) is 0. The molecule has 0 unspecified atom stereocenters. The van der Waals surface area contributed by atoms with Gasteiger partial charge in [-0.05, 0) is 48.1 Å². The quantitative estimate of drug-likeness (QED) is 0.810. The molecule has 1 aliphatic rings. The number of hydrogen-bond donors (Lipinski definition) is 0. The van der Waals surface area contributed by atoms with Crippen LogP contribution in [0.4, 0.5) is 0 Å². The van der Waals surface area contributed by atoms with Crippen LogP contribution in [-0.2, 0) is 19.4 Å². The molecule has 0 fully saturated rings. The van der Waals surface area contributed by atoms with Gasteiger partial charge in [0.15, 0.2) is 0 Å². The Balaban J connectivity index is 1.80. The molecule has 0 atom stereocenters. The zero-order valence-electron chi connectivity index (χ0n) is 10.2. The highest BCUT2D eigenvalue weighted by Gasteiger charge is 2.18. The van der Waals surface area contributed by atoms with Gasteiger partial charge in [-0.25, -0.2) is 0 Å². The molecule has 0 saturated carbocycles. The summed E-state index contributed by atoms with van der Waals surface area (Å²) in [5.41, 5.74) is 4.04. The van der Waals surface area contributed by atoms with Gasteiger partial charge in [0.1, 0.15) is 12.4 Å². The largest absolute Gasteiger partial charge is 0.489 e. The average molecular weight is 303 g/mol. The molecule has 2 aromatic carbocycles. The van der Waals surface area contributed by atoms with Crippen molar-refractivity contribution < 1.29 is 4.74 Å². The lowest BCUT2D eigenvalue weighted by Gasteiger charge is -2.12. The number of hydrogen-bond acceptors (Lipinski definition) is 1. The van der Waals surface area contributed by atoms with E-state index in [-0.39, 0.29) is 0 Å². The number of benzene rings is 2. The van der Waals surface area contributed by atoms with Gasteiger partial charge in [-0.15, -0.1) is 0 Å². The first-order chi connectivity index (χ1) is 8.84. The van der Waals surface area contributed by atoms with Crippen molar-refractivity contribution in [3.63, 3.8) is 0 Å². The van der Waals surface area contributed by atoms with Crippen LogP contribution in [0.25, 0.3) is 0 Å². The fraction of sp³-hybridized carbons (Fsp3) is 0.250. The van der Waals surface area contributed by atoms with Crippen molar-refractivity contribution in [3.8, 4) is 5.75 Å². The van der Waals surface area contributed by atoms with Crippen LogP contribution < -0.4 is 4.74 Å². The highest BCUT2D eigenvalue weighted by molar-refractivity contribution is 9.10. The molecule has 1 aliphatic carbocycles. The smallest absolute Gasteiger partial charge is 0.123 e. The molecule has 3 rings (SSSR count). The fourth-order valence-electron chi connectivity index (χ4n) is 2.50. The van der Waals surface area contributed by atoms with Gasteiger partial charge in [-0.3, -0.25) is 0 Å². The topological polar surface area (TPSA) is 9.23 Å². The molecule has 0 saturated heterocycles. The second-order valence-corrected chi connectivity index (χ2v) is 5.48. The average Bonchev–Trinajstić information content (AvgIpc) is 2.90. The van der Waals surface area contributed by atoms with Crippen LogP contribution in [0.15, 0.2) is 46.9 Å². The van der Waals surface area contributed by atoms with E-state index in [0.29, 0.717) is 6.61 Å². The van der Waals surface area contributed by atoms with E-state index in [1.165, 1.54) is 34.0 Å². The SMILES string of the molecule is Brc1ccc(OCc2ccccc2)c2c1CCC2. The van der Waals surface area contributed by atoms with Crippen molar-refractivity contribution >= 4 is 15.9 Å². The minimum atomic E-state index is 0.648. The van der Waals surface area contributed by atoms with E-state index in [9.17, 15) is 0 Å². The monoisotopic (exact) mass is 302 g/mol. The lowest BCUT2D eigenvalue weighted by atomic mass is 10.1. The maximum absolute atomic E-state index is 5.97. The van der Waals surface area contributed by atoms with E-state index in [2.05, 4.69) is 40.2 Å². The van der Waals surface area contributed by atoms with Crippen LogP contribution in [0.1, 0.15) is 23.1 Å². The summed E-state index contributed by atoms with van der Waals surface area (Å²) >= 11 is 3.62. The normalized spacial score (nSPS) is 13.4. The molecular formula is C16H15BrO. The zero-order chi connectivity index (χ0) is 12.4. The summed E-state index contributed by atoms with van der Waals surface area (Å²) in [6, 6.07) is 14.5. The van der Waals surface area contributed by atoms with Crippen molar-refractivity contribution in [1.82, 2.24) is 0 Å². The Morgan fingerprint density at radius 1 is 0.944 bits per heavy atom. The molecule has 0 bridgehead atoms. The number of rotatable bonds is 3. The molecule has 0 amide bonds. The summed E-state index contributed by atoms with van der Waals surface area (Å²) in [7, 11) is 0. The van der Waals surface area contributed by atoms with E-state index >= 15 is 0 Å². The van der Waals surface area contributed by atoms with Gasteiger partial charge in [-0.2, -0.15) is 0 Å². The van der Waals surface area contributed by atoms with Crippen LogP contribution in [0.2, 0.25) is 0 Å². The van der Waals surface area contributed by atoms with E-state index in [1.54, 1.807) is 0 Å². The molecule has 0 heterocycles. The summed E-state index contributed by atoms with van der Waals surface area (Å²) in [6.07, 6.45) is 3.54. The van der Waals surface area contributed by atoms with Crippen molar-refractivity contribution in [1.29, 1.82) is 0 Å². The summed E-state index contributed by atoms with van der Waals surface area (Å²) in [5.74, 6) is 1.05. The first kappa shape index (κ1) is 11.8. The lowest BCUT2D eigenvalue weighted by molar-refractivity contribution is 0.303. The van der Waals surface area contributed by atoms with Gasteiger partial charge in [0, 0.05) is 4.47 Å². The first-order valence-electron chi connectivity index (χ1n) is 6.31. The van der Waals surface area contributed by atoms with Crippen LogP contribution >= 0.6 is 15.9 Å². The molecule has 0 aromatic heterocycles. The fourth-order valence-corrected chi connectivity index (χ4v) is 3.07. The third-order valence-corrected chi connectivity index (χ3v) is 4.16. The highest BCUT2D eigenvalue weighted by atomic mass is 79.9. The van der Waals surface area contributed by atoms with Gasteiger partial charge in [0.2, 0.25) is 0 Å². The molecule has 2 heteroatoms. The first-order valence-corrected chi connectivity index (χ1v) is 7.11. The third kappa shape index (κ3) is 2.30. The van der Waals surface area contributed by atoms with Gasteiger partial charge in [-0.1, -0.05) is 46.3 Å². The second-order valence-electron chi connectivity index (χ2n) is 4.63. The molecule has 2 aromatic rings. The van der Waals surface area contributed by atoms with Crippen LogP contribution in [0.3, 0.4) is 0 Å². The number of halogens is 1. The van der Waals surface area contributed by atoms with Gasteiger partial charge < -0.3 is 4.74 Å². The zero-order valence-corrected chi connectivity index (χ0v) is 11.7. The summed E-state index contributed by atoms with van der Waals surface area (Å²) < 4.78 is 7.19. The highest BCUT2D eigenvalue weighted by Crippen LogP contribution is 2.36. The van der Waals surface area contributed by atoms with Crippen LogP contribution in [0, 0.1) is 0 Å². The lowest BCUT2D eigenvalue weighted by Crippen LogP contribution is -1.98. The summed E-state index contributed by atoms with van der Waals surface area (Å²) in [4.78, 5) is 0. The Labute approximate surface area is 116 Å². The molecule has 92 valence electrons. The Morgan fingerprint density at radius 2 is 1.72 bits per heavy atom. The standard InChI is InChI=1S/C16H15BrO/c17-15-9-10-16(14-8-4-7-13(14)15)18-11-12-5-2-1-3-6-12/h1-3,5-6,9-10H,4,7-8,11H2. The predicted octanol–water partition coefficient (Wildman–Crippen LogP) is 4.52.